The topological polar surface area (TPSA) is 64.3 Å². The molecule has 0 spiro atoms. The molecule has 1 fully saturated rings. The van der Waals surface area contributed by atoms with Gasteiger partial charge in [0.2, 0.25) is 5.91 Å². The third-order valence-corrected chi connectivity index (χ3v) is 5.53. The van der Waals surface area contributed by atoms with Crippen molar-refractivity contribution in [3.8, 4) is 0 Å². The van der Waals surface area contributed by atoms with Gasteiger partial charge in [-0.25, -0.2) is 4.99 Å². The molecule has 3 rings (SSSR count). The molecule has 0 aliphatic carbocycles. The molecule has 1 amide bonds. The summed E-state index contributed by atoms with van der Waals surface area (Å²) in [5.41, 5.74) is 3.90. The van der Waals surface area contributed by atoms with Gasteiger partial charge in [-0.1, -0.05) is 6.07 Å². The van der Waals surface area contributed by atoms with Crippen molar-refractivity contribution in [2.75, 3.05) is 58.3 Å². The molecule has 30 heavy (non-hydrogen) atoms. The molecule has 7 heteroatoms. The van der Waals surface area contributed by atoms with Crippen LogP contribution in [0.5, 0.6) is 0 Å². The zero-order valence-corrected chi connectivity index (χ0v) is 18.5. The molecule has 1 aliphatic heterocycles. The van der Waals surface area contributed by atoms with Crippen LogP contribution in [0.4, 0.5) is 5.69 Å². The van der Waals surface area contributed by atoms with Gasteiger partial charge in [0.05, 0.1) is 6.26 Å². The molecule has 162 valence electrons. The minimum absolute atomic E-state index is 0.00546. The smallest absolute Gasteiger partial charge is 0.243 e. The second kappa shape index (κ2) is 10.2. The normalized spacial score (nSPS) is 14.7. The van der Waals surface area contributed by atoms with Gasteiger partial charge in [-0.2, -0.15) is 0 Å². The largest absolute Gasteiger partial charge is 0.469 e. The Hall–Kier alpha value is -2.96. The Morgan fingerprint density at radius 3 is 2.53 bits per heavy atom. The number of anilines is 1. The van der Waals surface area contributed by atoms with Gasteiger partial charge in [0, 0.05) is 58.9 Å². The summed E-state index contributed by atoms with van der Waals surface area (Å²) in [6.45, 7) is 8.71. The SMILES string of the molecule is Cc1ccc(N2CCN(C(=NCC(=O)N(C)C)NCCc3ccco3)CC2)cc1C. The van der Waals surface area contributed by atoms with Crippen molar-refractivity contribution in [1.29, 1.82) is 0 Å². The fourth-order valence-corrected chi connectivity index (χ4v) is 3.40. The second-order valence-electron chi connectivity index (χ2n) is 7.93. The molecule has 7 nitrogen and oxygen atoms in total. The minimum Gasteiger partial charge on any atom is -0.469 e. The number of aliphatic imine (C=N–C) groups is 1. The Balaban J connectivity index is 1.61. The summed E-state index contributed by atoms with van der Waals surface area (Å²) >= 11 is 0. The van der Waals surface area contributed by atoms with E-state index in [1.165, 1.54) is 16.8 Å². The van der Waals surface area contributed by atoms with E-state index in [1.807, 2.05) is 12.1 Å². The van der Waals surface area contributed by atoms with Crippen LogP contribution in [0.3, 0.4) is 0 Å². The third kappa shape index (κ3) is 5.78. The van der Waals surface area contributed by atoms with Crippen molar-refractivity contribution in [2.45, 2.75) is 20.3 Å². The third-order valence-electron chi connectivity index (χ3n) is 5.53. The monoisotopic (exact) mass is 411 g/mol. The number of aryl methyl sites for hydroxylation is 2. The number of hydrogen-bond donors (Lipinski definition) is 1. The lowest BCUT2D eigenvalue weighted by molar-refractivity contribution is -0.127. The van der Waals surface area contributed by atoms with Crippen LogP contribution in [0.25, 0.3) is 0 Å². The maximum absolute atomic E-state index is 12.0. The maximum Gasteiger partial charge on any atom is 0.243 e. The molecule has 1 aliphatic rings. The number of nitrogens with one attached hydrogen (secondary N) is 1. The molecule has 1 aromatic heterocycles. The van der Waals surface area contributed by atoms with Gasteiger partial charge in [-0.3, -0.25) is 4.79 Å². The van der Waals surface area contributed by atoms with E-state index in [4.69, 9.17) is 4.42 Å². The van der Waals surface area contributed by atoms with Crippen molar-refractivity contribution in [3.63, 3.8) is 0 Å². The standard InChI is InChI=1S/C23H33N5O2/c1-18-7-8-20(16-19(18)2)27-11-13-28(14-12-27)23(25-17-22(29)26(3)4)24-10-9-21-6-5-15-30-21/h5-8,15-16H,9-14,17H2,1-4H3,(H,24,25). The van der Waals surface area contributed by atoms with Crippen LogP contribution >= 0.6 is 0 Å². The first-order chi connectivity index (χ1) is 14.4. The number of carbonyl (C=O) groups excluding carboxylic acids is 1. The van der Waals surface area contributed by atoms with E-state index in [9.17, 15) is 4.79 Å². The van der Waals surface area contributed by atoms with E-state index in [-0.39, 0.29) is 12.5 Å². The van der Waals surface area contributed by atoms with Gasteiger partial charge < -0.3 is 24.4 Å². The van der Waals surface area contributed by atoms with Crippen molar-refractivity contribution < 1.29 is 9.21 Å². The minimum atomic E-state index is -0.00546. The Bertz CT molecular complexity index is 852. The molecular formula is C23H33N5O2. The van der Waals surface area contributed by atoms with E-state index in [2.05, 4.69) is 52.2 Å². The molecule has 0 atom stereocenters. The Labute approximate surface area is 179 Å². The molecule has 0 bridgehead atoms. The van der Waals surface area contributed by atoms with Gasteiger partial charge in [0.25, 0.3) is 0 Å². The Morgan fingerprint density at radius 2 is 1.90 bits per heavy atom. The van der Waals surface area contributed by atoms with Crippen LogP contribution in [-0.4, -0.2) is 75.0 Å². The predicted molar refractivity (Wildman–Crippen MR) is 121 cm³/mol. The van der Waals surface area contributed by atoms with Gasteiger partial charge >= 0.3 is 0 Å². The molecule has 1 N–H and O–H groups in total. The number of benzene rings is 1. The molecule has 2 heterocycles. The highest BCUT2D eigenvalue weighted by Gasteiger charge is 2.20. The summed E-state index contributed by atoms with van der Waals surface area (Å²) in [5, 5.41) is 3.42. The average molecular weight is 412 g/mol. The number of hydrogen-bond acceptors (Lipinski definition) is 4. The summed E-state index contributed by atoms with van der Waals surface area (Å²) in [6, 6.07) is 10.5. The highest BCUT2D eigenvalue weighted by atomic mass is 16.3. The first-order valence-electron chi connectivity index (χ1n) is 10.5. The second-order valence-corrected chi connectivity index (χ2v) is 7.93. The Morgan fingerprint density at radius 1 is 1.13 bits per heavy atom. The van der Waals surface area contributed by atoms with E-state index >= 15 is 0 Å². The quantitative estimate of drug-likeness (QED) is 0.584. The zero-order chi connectivity index (χ0) is 21.5. The van der Waals surface area contributed by atoms with E-state index in [0.717, 1.165) is 44.3 Å². The summed E-state index contributed by atoms with van der Waals surface area (Å²) in [7, 11) is 3.51. The van der Waals surface area contributed by atoms with Gasteiger partial charge in [0.1, 0.15) is 12.3 Å². The lowest BCUT2D eigenvalue weighted by Gasteiger charge is -2.38. The van der Waals surface area contributed by atoms with Crippen molar-refractivity contribution in [1.82, 2.24) is 15.1 Å². The lowest BCUT2D eigenvalue weighted by Crippen LogP contribution is -2.53. The molecule has 2 aromatic rings. The number of furan rings is 1. The van der Waals surface area contributed by atoms with Crippen molar-refractivity contribution in [3.05, 3.63) is 53.5 Å². The first kappa shape index (κ1) is 21.7. The van der Waals surface area contributed by atoms with Crippen LogP contribution in [0.1, 0.15) is 16.9 Å². The molecular weight excluding hydrogens is 378 g/mol. The van der Waals surface area contributed by atoms with Crippen LogP contribution < -0.4 is 10.2 Å². The van der Waals surface area contributed by atoms with Gasteiger partial charge in [0.15, 0.2) is 5.96 Å². The maximum atomic E-state index is 12.0. The zero-order valence-electron chi connectivity index (χ0n) is 18.5. The number of rotatable bonds is 6. The number of carbonyl (C=O) groups is 1. The van der Waals surface area contributed by atoms with Crippen LogP contribution in [0.15, 0.2) is 46.0 Å². The number of piperazine rings is 1. The van der Waals surface area contributed by atoms with Crippen LogP contribution in [0.2, 0.25) is 0 Å². The van der Waals surface area contributed by atoms with E-state index < -0.39 is 0 Å². The average Bonchev–Trinajstić information content (AvgIpc) is 3.26. The number of likely N-dealkylation sites (N-methyl/N-ethyl adjacent to an activating group) is 1. The fourth-order valence-electron chi connectivity index (χ4n) is 3.40. The molecule has 0 radical (unpaired) electrons. The first-order valence-corrected chi connectivity index (χ1v) is 10.5. The molecule has 0 unspecified atom stereocenters. The highest BCUT2D eigenvalue weighted by Crippen LogP contribution is 2.20. The van der Waals surface area contributed by atoms with Crippen LogP contribution in [0, 0.1) is 13.8 Å². The summed E-state index contributed by atoms with van der Waals surface area (Å²) in [4.78, 5) is 22.9. The summed E-state index contributed by atoms with van der Waals surface area (Å²) < 4.78 is 5.41. The van der Waals surface area contributed by atoms with Crippen molar-refractivity contribution in [2.24, 2.45) is 4.99 Å². The van der Waals surface area contributed by atoms with E-state index in [0.29, 0.717) is 6.54 Å². The van der Waals surface area contributed by atoms with Crippen molar-refractivity contribution >= 4 is 17.6 Å². The Kier molecular flexibility index (Phi) is 7.38. The lowest BCUT2D eigenvalue weighted by atomic mass is 10.1. The van der Waals surface area contributed by atoms with Crippen LogP contribution in [-0.2, 0) is 11.2 Å². The summed E-state index contributed by atoms with van der Waals surface area (Å²) in [6.07, 6.45) is 2.46. The molecule has 1 saturated heterocycles. The van der Waals surface area contributed by atoms with Gasteiger partial charge in [-0.05, 0) is 49.2 Å². The number of amides is 1. The highest BCUT2D eigenvalue weighted by molar-refractivity contribution is 5.85. The number of guanidine groups is 1. The van der Waals surface area contributed by atoms with E-state index in [1.54, 1.807) is 25.3 Å². The molecule has 1 aromatic carbocycles. The van der Waals surface area contributed by atoms with Gasteiger partial charge in [-0.15, -0.1) is 0 Å². The summed E-state index contributed by atoms with van der Waals surface area (Å²) in [5.74, 6) is 1.72. The fraction of sp³-hybridized carbons (Fsp3) is 0.478. The molecule has 0 saturated carbocycles. The predicted octanol–water partition coefficient (Wildman–Crippen LogP) is 2.29. The number of nitrogens with zero attached hydrogens (tertiary/aromatic N) is 4.